The van der Waals surface area contributed by atoms with Crippen molar-refractivity contribution >= 4 is 33.3 Å². The van der Waals surface area contributed by atoms with Crippen LogP contribution >= 0.6 is 11.6 Å². The fourth-order valence-electron chi connectivity index (χ4n) is 2.54. The molecule has 2 amide bonds. The van der Waals surface area contributed by atoms with Gasteiger partial charge in [0.25, 0.3) is 5.91 Å². The standard InChI is InChI=1S/C20H23ClN2O4S/c1-28(26,27)14-12-18(23-19(24)16-5-3-2-4-6-16)20(25)22-13-11-15-7-9-17(21)10-8-15/h2-10,18H,11-14H2,1H3,(H,22,25)(H,23,24)/t18-/m0/s1. The van der Waals surface area contributed by atoms with Crippen molar-refractivity contribution < 1.29 is 18.0 Å². The summed E-state index contributed by atoms with van der Waals surface area (Å²) in [5.74, 6) is -1.04. The molecular weight excluding hydrogens is 400 g/mol. The summed E-state index contributed by atoms with van der Waals surface area (Å²) in [6.45, 7) is 0.358. The van der Waals surface area contributed by atoms with Gasteiger partial charge in [-0.15, -0.1) is 0 Å². The highest BCUT2D eigenvalue weighted by Gasteiger charge is 2.22. The van der Waals surface area contributed by atoms with E-state index >= 15 is 0 Å². The van der Waals surface area contributed by atoms with Gasteiger partial charge in [0, 0.05) is 23.4 Å². The predicted octanol–water partition coefficient (Wildman–Crippen LogP) is 2.23. The summed E-state index contributed by atoms with van der Waals surface area (Å²) < 4.78 is 23.0. The Kier molecular flexibility index (Phi) is 8.02. The largest absolute Gasteiger partial charge is 0.354 e. The van der Waals surface area contributed by atoms with Gasteiger partial charge in [0.05, 0.1) is 5.75 Å². The second-order valence-corrected chi connectivity index (χ2v) is 9.17. The molecule has 0 bridgehead atoms. The molecule has 1 atom stereocenters. The molecule has 0 unspecified atom stereocenters. The Bertz CT molecular complexity index is 900. The molecule has 0 aromatic heterocycles. The van der Waals surface area contributed by atoms with Gasteiger partial charge in [0.2, 0.25) is 5.91 Å². The van der Waals surface area contributed by atoms with Crippen molar-refractivity contribution in [3.05, 3.63) is 70.7 Å². The van der Waals surface area contributed by atoms with Crippen LogP contribution in [0.2, 0.25) is 5.02 Å². The van der Waals surface area contributed by atoms with Crippen LogP contribution in [-0.2, 0) is 21.1 Å². The van der Waals surface area contributed by atoms with Gasteiger partial charge in [-0.3, -0.25) is 9.59 Å². The van der Waals surface area contributed by atoms with Crippen molar-refractivity contribution in [3.63, 3.8) is 0 Å². The maximum Gasteiger partial charge on any atom is 0.251 e. The van der Waals surface area contributed by atoms with Gasteiger partial charge in [0.15, 0.2) is 0 Å². The van der Waals surface area contributed by atoms with Gasteiger partial charge in [-0.25, -0.2) is 8.42 Å². The number of amides is 2. The molecule has 150 valence electrons. The van der Waals surface area contributed by atoms with Crippen LogP contribution in [0, 0.1) is 0 Å². The molecule has 0 aliphatic carbocycles. The molecule has 0 fully saturated rings. The molecule has 2 aromatic rings. The van der Waals surface area contributed by atoms with Crippen LogP contribution in [0.4, 0.5) is 0 Å². The zero-order valence-corrected chi connectivity index (χ0v) is 17.1. The molecule has 0 saturated heterocycles. The van der Waals surface area contributed by atoms with Gasteiger partial charge in [-0.2, -0.15) is 0 Å². The molecule has 0 aliphatic heterocycles. The molecule has 0 aliphatic rings. The van der Waals surface area contributed by atoms with E-state index in [9.17, 15) is 18.0 Å². The van der Waals surface area contributed by atoms with Gasteiger partial charge < -0.3 is 10.6 Å². The van der Waals surface area contributed by atoms with E-state index in [-0.39, 0.29) is 12.2 Å². The van der Waals surface area contributed by atoms with E-state index in [1.165, 1.54) is 0 Å². The topological polar surface area (TPSA) is 92.3 Å². The van der Waals surface area contributed by atoms with Gasteiger partial charge in [-0.1, -0.05) is 41.9 Å². The highest BCUT2D eigenvalue weighted by Crippen LogP contribution is 2.09. The van der Waals surface area contributed by atoms with Gasteiger partial charge in [0.1, 0.15) is 15.9 Å². The molecule has 6 nitrogen and oxygen atoms in total. The van der Waals surface area contributed by atoms with Crippen LogP contribution in [0.25, 0.3) is 0 Å². The number of sulfone groups is 1. The average molecular weight is 423 g/mol. The number of halogens is 1. The molecule has 0 radical (unpaired) electrons. The van der Waals surface area contributed by atoms with Crippen LogP contribution in [0.3, 0.4) is 0 Å². The number of carbonyl (C=O) groups excluding carboxylic acids is 2. The molecular formula is C20H23ClN2O4S. The predicted molar refractivity (Wildman–Crippen MR) is 110 cm³/mol. The SMILES string of the molecule is CS(=O)(=O)CC[C@H](NC(=O)c1ccccc1)C(=O)NCCc1ccc(Cl)cc1. The Hall–Kier alpha value is -2.38. The van der Waals surface area contributed by atoms with Gasteiger partial charge in [-0.05, 0) is 42.7 Å². The number of nitrogens with one attached hydrogen (secondary N) is 2. The molecule has 0 heterocycles. The third kappa shape index (κ3) is 7.70. The van der Waals surface area contributed by atoms with E-state index in [4.69, 9.17) is 11.6 Å². The molecule has 0 saturated carbocycles. The summed E-state index contributed by atoms with van der Waals surface area (Å²) >= 11 is 5.85. The highest BCUT2D eigenvalue weighted by molar-refractivity contribution is 7.90. The van der Waals surface area contributed by atoms with E-state index in [1.54, 1.807) is 42.5 Å². The Labute approximate surface area is 170 Å². The van der Waals surface area contributed by atoms with E-state index in [1.807, 2.05) is 12.1 Å². The normalized spacial score (nSPS) is 12.2. The smallest absolute Gasteiger partial charge is 0.251 e. The van der Waals surface area contributed by atoms with Crippen LogP contribution in [0.15, 0.2) is 54.6 Å². The van der Waals surface area contributed by atoms with E-state index in [2.05, 4.69) is 10.6 Å². The highest BCUT2D eigenvalue weighted by atomic mass is 35.5. The van der Waals surface area contributed by atoms with Crippen molar-refractivity contribution in [1.29, 1.82) is 0 Å². The number of benzene rings is 2. The minimum absolute atomic E-state index is 0.00415. The lowest BCUT2D eigenvalue weighted by Crippen LogP contribution is -2.48. The second kappa shape index (κ2) is 10.2. The van der Waals surface area contributed by atoms with Crippen molar-refractivity contribution in [2.24, 2.45) is 0 Å². The molecule has 0 spiro atoms. The fraction of sp³-hybridized carbons (Fsp3) is 0.300. The van der Waals surface area contributed by atoms with Crippen LogP contribution < -0.4 is 10.6 Å². The Morgan fingerprint density at radius 1 is 1.04 bits per heavy atom. The van der Waals surface area contributed by atoms with Crippen LogP contribution in [0.5, 0.6) is 0 Å². The number of rotatable bonds is 9. The zero-order chi connectivity index (χ0) is 20.6. The first kappa shape index (κ1) is 21.9. The Balaban J connectivity index is 1.97. The molecule has 8 heteroatoms. The monoisotopic (exact) mass is 422 g/mol. The number of hydrogen-bond donors (Lipinski definition) is 2. The number of carbonyl (C=O) groups is 2. The maximum atomic E-state index is 12.5. The van der Waals surface area contributed by atoms with Crippen LogP contribution in [0.1, 0.15) is 22.3 Å². The third-order valence-corrected chi connectivity index (χ3v) is 5.29. The van der Waals surface area contributed by atoms with Crippen molar-refractivity contribution in [3.8, 4) is 0 Å². The van der Waals surface area contributed by atoms with E-state index < -0.39 is 27.7 Å². The summed E-state index contributed by atoms with van der Waals surface area (Å²) in [4.78, 5) is 24.9. The van der Waals surface area contributed by atoms with Crippen molar-refractivity contribution in [1.82, 2.24) is 10.6 Å². The molecule has 2 rings (SSSR count). The van der Waals surface area contributed by atoms with E-state index in [0.717, 1.165) is 11.8 Å². The summed E-state index contributed by atoms with van der Waals surface area (Å²) in [5, 5.41) is 6.02. The van der Waals surface area contributed by atoms with Crippen LogP contribution in [-0.4, -0.2) is 44.8 Å². The van der Waals surface area contributed by atoms with Gasteiger partial charge >= 0.3 is 0 Å². The number of hydrogen-bond acceptors (Lipinski definition) is 4. The minimum Gasteiger partial charge on any atom is -0.354 e. The second-order valence-electron chi connectivity index (χ2n) is 6.48. The molecule has 2 N–H and O–H groups in total. The molecule has 2 aromatic carbocycles. The lowest BCUT2D eigenvalue weighted by atomic mass is 10.1. The van der Waals surface area contributed by atoms with Crippen molar-refractivity contribution in [2.45, 2.75) is 18.9 Å². The lowest BCUT2D eigenvalue weighted by Gasteiger charge is -2.18. The zero-order valence-electron chi connectivity index (χ0n) is 15.5. The minimum atomic E-state index is -3.26. The first-order valence-corrected chi connectivity index (χ1v) is 11.2. The van der Waals surface area contributed by atoms with E-state index in [0.29, 0.717) is 23.6 Å². The lowest BCUT2D eigenvalue weighted by molar-refractivity contribution is -0.122. The summed E-state index contributed by atoms with van der Waals surface area (Å²) in [7, 11) is -3.26. The summed E-state index contributed by atoms with van der Waals surface area (Å²) in [6, 6.07) is 14.8. The Morgan fingerprint density at radius 2 is 1.68 bits per heavy atom. The summed E-state index contributed by atoms with van der Waals surface area (Å²) in [5.41, 5.74) is 1.41. The van der Waals surface area contributed by atoms with Crippen molar-refractivity contribution in [2.75, 3.05) is 18.6 Å². The first-order valence-electron chi connectivity index (χ1n) is 8.80. The Morgan fingerprint density at radius 3 is 2.29 bits per heavy atom. The fourth-order valence-corrected chi connectivity index (χ4v) is 3.33. The summed E-state index contributed by atoms with van der Waals surface area (Å²) in [6.07, 6.45) is 1.69. The third-order valence-electron chi connectivity index (χ3n) is 4.06. The quantitative estimate of drug-likeness (QED) is 0.648. The molecule has 28 heavy (non-hydrogen) atoms. The first-order chi connectivity index (χ1) is 13.2. The maximum absolute atomic E-state index is 12.5. The average Bonchev–Trinajstić information content (AvgIpc) is 2.66.